The van der Waals surface area contributed by atoms with Gasteiger partial charge in [-0.3, -0.25) is 0 Å². The van der Waals surface area contributed by atoms with E-state index in [-0.39, 0.29) is 44.7 Å². The molecule has 5 heteroatoms. The third kappa shape index (κ3) is 229. The quantitative estimate of drug-likeness (QED) is 0.339. The summed E-state index contributed by atoms with van der Waals surface area (Å²) in [6, 6.07) is 0. The van der Waals surface area contributed by atoms with Crippen molar-refractivity contribution in [2.24, 2.45) is 0 Å². The SMILES string of the molecule is C=O.[BH4-].[BH4-].[BH4-].[Ru+3]. The Hall–Kier alpha value is 0.488. The minimum atomic E-state index is 0. The van der Waals surface area contributed by atoms with Crippen LogP contribution in [0.15, 0.2) is 0 Å². The number of hydrogen-bond acceptors (Lipinski definition) is 1. The van der Waals surface area contributed by atoms with Gasteiger partial charge in [-0.25, -0.2) is 0 Å². The van der Waals surface area contributed by atoms with Crippen molar-refractivity contribution in [2.75, 3.05) is 0 Å². The van der Waals surface area contributed by atoms with Crippen molar-refractivity contribution in [1.82, 2.24) is 0 Å². The molecule has 0 aromatic rings. The molecule has 1 radical (unpaired) electrons. The summed E-state index contributed by atoms with van der Waals surface area (Å²) < 4.78 is 0. The zero-order valence-electron chi connectivity index (χ0n) is 1.47. The van der Waals surface area contributed by atoms with Crippen LogP contribution in [0.1, 0.15) is 0 Å². The molecule has 0 aromatic carbocycles. The zero-order valence-corrected chi connectivity index (χ0v) is 3.21. The molecule has 0 heterocycles. The molecule has 0 bridgehead atoms. The van der Waals surface area contributed by atoms with Gasteiger partial charge in [-0.05, 0) is 0 Å². The van der Waals surface area contributed by atoms with E-state index in [4.69, 9.17) is 4.79 Å². The molecule has 1 nitrogen and oxygen atoms in total. The Kier molecular flexibility index (Phi) is 6820. The van der Waals surface area contributed by atoms with E-state index >= 15 is 0 Å². The van der Waals surface area contributed by atoms with Crippen LogP contribution in [0.2, 0.25) is 0 Å². The molecule has 0 aliphatic heterocycles. The molecule has 6 heavy (non-hydrogen) atoms. The summed E-state index contributed by atoms with van der Waals surface area (Å²) >= 11 is 0. The predicted molar refractivity (Wildman–Crippen MR) is 41.1 cm³/mol. The van der Waals surface area contributed by atoms with Crippen molar-refractivity contribution in [1.29, 1.82) is 0 Å². The molecule has 0 fully saturated rings. The number of rotatable bonds is 0. The maximum Gasteiger partial charge on any atom is 3.00 e. The molecule has 0 amide bonds. The van der Waals surface area contributed by atoms with E-state index in [9.17, 15) is 0 Å². The molecule has 0 atom stereocenters. The fourth-order valence-electron chi connectivity index (χ4n) is 0. The maximum atomic E-state index is 8.00. The second-order valence-corrected chi connectivity index (χ2v) is 0. The molecule has 0 aliphatic rings. The molecule has 0 aromatic heterocycles. The van der Waals surface area contributed by atoms with Crippen LogP contribution in [0.5, 0.6) is 0 Å². The van der Waals surface area contributed by atoms with E-state index in [2.05, 4.69) is 0 Å². The van der Waals surface area contributed by atoms with Crippen molar-refractivity contribution < 1.29 is 24.3 Å². The van der Waals surface area contributed by atoms with Crippen molar-refractivity contribution in [3.05, 3.63) is 0 Å². The first-order valence-corrected chi connectivity index (χ1v) is 0.289. The number of carbonyl (C=O) groups is 1. The molecule has 0 unspecified atom stereocenters. The van der Waals surface area contributed by atoms with Gasteiger partial charge in [0.15, 0.2) is 0 Å². The molecule has 0 rings (SSSR count). The van der Waals surface area contributed by atoms with Crippen LogP contribution in [-0.4, -0.2) is 32.0 Å². The van der Waals surface area contributed by atoms with E-state index in [1.807, 2.05) is 6.79 Å². The van der Waals surface area contributed by atoms with E-state index < -0.39 is 0 Å². The van der Waals surface area contributed by atoms with Gasteiger partial charge in [-0.15, -0.1) is 0 Å². The summed E-state index contributed by atoms with van der Waals surface area (Å²) in [6.07, 6.45) is 0. The monoisotopic (exact) mass is 177 g/mol. The van der Waals surface area contributed by atoms with Gasteiger partial charge in [0, 0.05) is 0 Å². The Bertz CT molecular complexity index is 10.8. The van der Waals surface area contributed by atoms with Crippen LogP contribution in [0, 0.1) is 0 Å². The topological polar surface area (TPSA) is 17.1 Å². The van der Waals surface area contributed by atoms with Gasteiger partial charge in [-0.1, -0.05) is 25.2 Å². The van der Waals surface area contributed by atoms with Crippen molar-refractivity contribution >= 4 is 32.0 Å². The van der Waals surface area contributed by atoms with Crippen LogP contribution in [-0.2, 0) is 24.3 Å². The Labute approximate surface area is 56.8 Å². The summed E-state index contributed by atoms with van der Waals surface area (Å²) in [5.41, 5.74) is 0. The Morgan fingerprint density at radius 3 is 0.833 bits per heavy atom. The molecule has 0 N–H and O–H groups in total. The van der Waals surface area contributed by atoms with E-state index in [1.165, 1.54) is 0 Å². The van der Waals surface area contributed by atoms with Crippen LogP contribution in [0.25, 0.3) is 0 Å². The van der Waals surface area contributed by atoms with E-state index in [1.54, 1.807) is 0 Å². The van der Waals surface area contributed by atoms with Crippen LogP contribution < -0.4 is 0 Å². The third-order valence-corrected chi connectivity index (χ3v) is 0. The first-order chi connectivity index (χ1) is 1.00. The summed E-state index contributed by atoms with van der Waals surface area (Å²) in [5, 5.41) is 0. The number of hydrogen-bond donors (Lipinski definition) is 0. The van der Waals surface area contributed by atoms with Crippen LogP contribution >= 0.6 is 0 Å². The molecular formula is CH14B3ORu. The molecule has 0 aliphatic carbocycles. The van der Waals surface area contributed by atoms with Crippen LogP contribution in [0.4, 0.5) is 0 Å². The summed E-state index contributed by atoms with van der Waals surface area (Å²) in [7, 11) is 0. The second-order valence-electron chi connectivity index (χ2n) is 0. The van der Waals surface area contributed by atoms with E-state index in [0.29, 0.717) is 0 Å². The maximum absolute atomic E-state index is 8.00. The van der Waals surface area contributed by atoms with Gasteiger partial charge in [0.05, 0.1) is 0 Å². The Morgan fingerprint density at radius 1 is 0.833 bits per heavy atom. The van der Waals surface area contributed by atoms with Gasteiger partial charge >= 0.3 is 19.5 Å². The third-order valence-electron chi connectivity index (χ3n) is 0. The van der Waals surface area contributed by atoms with Gasteiger partial charge in [0.25, 0.3) is 0 Å². The summed E-state index contributed by atoms with van der Waals surface area (Å²) in [4.78, 5) is 8.00. The molecule has 0 spiro atoms. The van der Waals surface area contributed by atoms with Crippen molar-refractivity contribution in [2.45, 2.75) is 0 Å². The fourth-order valence-corrected chi connectivity index (χ4v) is 0. The molecular weight excluding hydrogens is 162 g/mol. The van der Waals surface area contributed by atoms with Gasteiger partial charge in [0.1, 0.15) is 6.79 Å². The minimum absolute atomic E-state index is 0. The fraction of sp³-hybridized carbons (Fsp3) is 0. The van der Waals surface area contributed by atoms with E-state index in [0.717, 1.165) is 0 Å². The van der Waals surface area contributed by atoms with Crippen LogP contribution in [0.3, 0.4) is 0 Å². The Balaban J connectivity index is -0.000000000833. The summed E-state index contributed by atoms with van der Waals surface area (Å²) in [5.74, 6) is 0. The predicted octanol–water partition coefficient (Wildman–Crippen LogP) is -4.54. The van der Waals surface area contributed by atoms with Gasteiger partial charge in [0.2, 0.25) is 0 Å². The summed E-state index contributed by atoms with van der Waals surface area (Å²) in [6.45, 7) is 2.00. The Morgan fingerprint density at radius 2 is 0.833 bits per heavy atom. The van der Waals surface area contributed by atoms with Gasteiger partial charge in [-0.2, -0.15) is 0 Å². The first-order valence-electron chi connectivity index (χ1n) is 0.289. The smallest absolute Gasteiger partial charge is 0.307 e. The molecule has 0 saturated heterocycles. The zero-order chi connectivity index (χ0) is 2.00. The van der Waals surface area contributed by atoms with Crippen molar-refractivity contribution in [3.63, 3.8) is 0 Å². The standard InChI is InChI=1S/CH2O.3BH4.Ru/c1-2;;;;/h1H2;3*1H4;/q;3*-1;+3. The average Bonchev–Trinajstić information content (AvgIpc) is 1.00. The molecule has 41 valence electrons. The first kappa shape index (κ1) is 88.2. The van der Waals surface area contributed by atoms with Crippen molar-refractivity contribution in [3.8, 4) is 0 Å². The minimum Gasteiger partial charge on any atom is -0.307 e. The molecule has 0 saturated carbocycles. The second kappa shape index (κ2) is 464. The van der Waals surface area contributed by atoms with Gasteiger partial charge < -0.3 is 4.79 Å². The largest absolute Gasteiger partial charge is 3.00 e. The number of carbonyl (C=O) groups excluding carboxylic acids is 1. The normalized spacial score (nSPS) is 0.667. The average molecular weight is 176 g/mol.